The molecular formula is C30H31N3O2. The number of hydrogen-bond acceptors (Lipinski definition) is 3. The molecule has 2 N–H and O–H groups in total. The summed E-state index contributed by atoms with van der Waals surface area (Å²) in [6.07, 6.45) is 3.33. The highest BCUT2D eigenvalue weighted by Crippen LogP contribution is 2.39. The number of rotatable bonds is 7. The first kappa shape index (κ1) is 24.1. The van der Waals surface area contributed by atoms with Crippen LogP contribution >= 0.6 is 0 Å². The summed E-state index contributed by atoms with van der Waals surface area (Å²) in [5.74, 6) is -0.993. The average molecular weight is 466 g/mol. The molecular weight excluding hydrogens is 434 g/mol. The summed E-state index contributed by atoms with van der Waals surface area (Å²) in [5, 5.41) is 9.82. The van der Waals surface area contributed by atoms with Crippen molar-refractivity contribution in [1.29, 1.82) is 0 Å². The first-order valence-electron chi connectivity index (χ1n) is 12.0. The van der Waals surface area contributed by atoms with E-state index in [1.165, 1.54) is 5.56 Å². The van der Waals surface area contributed by atoms with E-state index in [1.54, 1.807) is 0 Å². The first-order chi connectivity index (χ1) is 16.8. The lowest BCUT2D eigenvalue weighted by atomic mass is 9.93. The number of para-hydroxylation sites is 1. The predicted octanol–water partition coefficient (Wildman–Crippen LogP) is 6.97. The van der Waals surface area contributed by atoms with E-state index in [0.29, 0.717) is 12.1 Å². The summed E-state index contributed by atoms with van der Waals surface area (Å²) in [5.41, 5.74) is 10.7. The van der Waals surface area contributed by atoms with Crippen molar-refractivity contribution in [2.75, 3.05) is 0 Å². The summed E-state index contributed by atoms with van der Waals surface area (Å²) in [7, 11) is 0. The number of carboxylic acids is 1. The number of H-pyrrole nitrogens is 1. The minimum Gasteiger partial charge on any atom is -0.477 e. The van der Waals surface area contributed by atoms with Crippen LogP contribution in [0.25, 0.3) is 5.57 Å². The molecule has 0 saturated carbocycles. The Kier molecular flexibility index (Phi) is 6.97. The third-order valence-electron chi connectivity index (χ3n) is 6.57. The number of carbonyl (C=O) groups is 1. The summed E-state index contributed by atoms with van der Waals surface area (Å²) < 4.78 is 0. The number of allylic oxidation sites excluding steroid dienone is 1. The fraction of sp³-hybridized carbons (Fsp3) is 0.233. The third kappa shape index (κ3) is 4.67. The maximum absolute atomic E-state index is 12.0. The normalized spacial score (nSPS) is 15.2. The minimum atomic E-state index is -0.993. The maximum Gasteiger partial charge on any atom is 0.354 e. The average Bonchev–Trinajstić information content (AvgIpc) is 3.36. The molecule has 1 aliphatic heterocycles. The second-order valence-electron chi connectivity index (χ2n) is 8.78. The van der Waals surface area contributed by atoms with Gasteiger partial charge in [-0.05, 0) is 73.6 Å². The minimum absolute atomic E-state index is 0.135. The molecule has 0 spiro atoms. The molecule has 0 atom stereocenters. The van der Waals surface area contributed by atoms with Crippen molar-refractivity contribution < 1.29 is 9.90 Å². The van der Waals surface area contributed by atoms with E-state index in [4.69, 9.17) is 0 Å². The Bertz CT molecular complexity index is 1390. The zero-order valence-corrected chi connectivity index (χ0v) is 20.9. The zero-order chi connectivity index (χ0) is 25.1. The fourth-order valence-corrected chi connectivity index (χ4v) is 4.68. The van der Waals surface area contributed by atoms with Gasteiger partial charge in [0.15, 0.2) is 5.71 Å². The molecule has 1 aliphatic rings. The Hall–Kier alpha value is -3.99. The molecule has 4 rings (SSSR count). The van der Waals surface area contributed by atoms with Crippen LogP contribution in [-0.2, 0) is 11.2 Å². The van der Waals surface area contributed by atoms with Crippen molar-refractivity contribution in [3.8, 4) is 0 Å². The van der Waals surface area contributed by atoms with Crippen molar-refractivity contribution in [2.45, 2.75) is 47.5 Å². The van der Waals surface area contributed by atoms with Crippen molar-refractivity contribution in [3.05, 3.63) is 105 Å². The highest BCUT2D eigenvalue weighted by Gasteiger charge is 2.29. The van der Waals surface area contributed by atoms with E-state index in [1.807, 2.05) is 50.4 Å². The Morgan fingerprint density at radius 3 is 2.26 bits per heavy atom. The lowest BCUT2D eigenvalue weighted by Crippen LogP contribution is -2.13. The Labute approximate surface area is 206 Å². The smallest absolute Gasteiger partial charge is 0.354 e. The van der Waals surface area contributed by atoms with Gasteiger partial charge in [0.1, 0.15) is 0 Å². The lowest BCUT2D eigenvalue weighted by molar-refractivity contribution is -0.129. The van der Waals surface area contributed by atoms with E-state index in [0.717, 1.165) is 56.9 Å². The molecule has 2 aromatic carbocycles. The van der Waals surface area contributed by atoms with Crippen molar-refractivity contribution in [3.63, 3.8) is 0 Å². The number of aromatic amines is 1. The number of nitrogens with one attached hydrogen (secondary N) is 1. The van der Waals surface area contributed by atoms with Crippen LogP contribution in [0.5, 0.6) is 0 Å². The van der Waals surface area contributed by atoms with E-state index < -0.39 is 5.97 Å². The monoisotopic (exact) mass is 465 g/mol. The topological polar surface area (TPSA) is 77.8 Å². The van der Waals surface area contributed by atoms with E-state index in [2.05, 4.69) is 60.0 Å². The maximum atomic E-state index is 12.0. The molecule has 0 unspecified atom stereocenters. The number of hydrogen-bond donors (Lipinski definition) is 2. The number of nitrogens with zero attached hydrogens (tertiary/aromatic N) is 2. The van der Waals surface area contributed by atoms with Crippen LogP contribution in [-0.4, -0.2) is 28.0 Å². The molecule has 35 heavy (non-hydrogen) atoms. The third-order valence-corrected chi connectivity index (χ3v) is 6.57. The fourth-order valence-electron chi connectivity index (χ4n) is 4.68. The molecule has 178 valence electrons. The molecule has 0 bridgehead atoms. The van der Waals surface area contributed by atoms with Crippen LogP contribution in [0.15, 0.2) is 81.4 Å². The molecule has 5 nitrogen and oxygen atoms in total. The van der Waals surface area contributed by atoms with Crippen LogP contribution in [0, 0.1) is 13.8 Å². The SMILES string of the molecule is CCC1=C(C)/C(=C(\c2ccc(C)cc2)c2[nH]c(C=Nc3ccccc3)c(CC)c2C)N=C1C(=O)O. The van der Waals surface area contributed by atoms with Crippen molar-refractivity contribution in [2.24, 2.45) is 9.98 Å². The molecule has 0 amide bonds. The van der Waals surface area contributed by atoms with Crippen LogP contribution in [0.4, 0.5) is 5.69 Å². The van der Waals surface area contributed by atoms with Gasteiger partial charge in [-0.3, -0.25) is 4.99 Å². The molecule has 0 saturated heterocycles. The van der Waals surface area contributed by atoms with Gasteiger partial charge >= 0.3 is 5.97 Å². The van der Waals surface area contributed by atoms with Gasteiger partial charge in [0, 0.05) is 5.57 Å². The highest BCUT2D eigenvalue weighted by atomic mass is 16.4. The zero-order valence-electron chi connectivity index (χ0n) is 20.9. The second kappa shape index (κ2) is 10.1. The van der Waals surface area contributed by atoms with Crippen molar-refractivity contribution in [1.82, 2.24) is 4.98 Å². The van der Waals surface area contributed by atoms with Gasteiger partial charge < -0.3 is 10.1 Å². The standard InChI is InChI=1S/C30H31N3O2/c1-6-23-19(4)27(32-25(23)17-31-22-11-9-8-10-12-22)26(21-15-13-18(3)14-16-21)28-20(5)24(7-2)29(33-28)30(34)35/h8-17,32H,6-7H2,1-5H3,(H,34,35)/b28-26-,31-17?. The number of benzene rings is 2. The van der Waals surface area contributed by atoms with Gasteiger partial charge in [0.2, 0.25) is 0 Å². The molecule has 0 aliphatic carbocycles. The van der Waals surface area contributed by atoms with Gasteiger partial charge in [-0.2, -0.15) is 0 Å². The molecule has 5 heteroatoms. The summed E-state index contributed by atoms with van der Waals surface area (Å²) in [4.78, 5) is 24.9. The molecule has 0 fully saturated rings. The van der Waals surface area contributed by atoms with Gasteiger partial charge in [0.05, 0.1) is 29.0 Å². The van der Waals surface area contributed by atoms with Crippen LogP contribution in [0.2, 0.25) is 0 Å². The number of aliphatic carboxylic acids is 1. The Morgan fingerprint density at radius 2 is 1.69 bits per heavy atom. The van der Waals surface area contributed by atoms with Gasteiger partial charge in [-0.15, -0.1) is 0 Å². The van der Waals surface area contributed by atoms with E-state index >= 15 is 0 Å². The summed E-state index contributed by atoms with van der Waals surface area (Å²) in [6, 6.07) is 18.2. The largest absolute Gasteiger partial charge is 0.477 e. The lowest BCUT2D eigenvalue weighted by Gasteiger charge is -2.13. The predicted molar refractivity (Wildman–Crippen MR) is 144 cm³/mol. The van der Waals surface area contributed by atoms with Crippen LogP contribution in [0.1, 0.15) is 60.8 Å². The van der Waals surface area contributed by atoms with Gasteiger partial charge in [0.25, 0.3) is 0 Å². The van der Waals surface area contributed by atoms with Gasteiger partial charge in [-0.1, -0.05) is 61.9 Å². The van der Waals surface area contributed by atoms with E-state index in [9.17, 15) is 9.90 Å². The van der Waals surface area contributed by atoms with Crippen LogP contribution < -0.4 is 0 Å². The highest BCUT2D eigenvalue weighted by molar-refractivity contribution is 6.44. The summed E-state index contributed by atoms with van der Waals surface area (Å²) >= 11 is 0. The van der Waals surface area contributed by atoms with Crippen LogP contribution in [0.3, 0.4) is 0 Å². The second-order valence-corrected chi connectivity index (χ2v) is 8.78. The van der Waals surface area contributed by atoms with E-state index in [-0.39, 0.29) is 5.71 Å². The number of carboxylic acid groups (broad SMARTS) is 1. The number of aliphatic imine (C=N–C) groups is 2. The molecule has 3 aromatic rings. The Balaban J connectivity index is 1.97. The molecule has 0 radical (unpaired) electrons. The molecule has 2 heterocycles. The number of aromatic nitrogens is 1. The summed E-state index contributed by atoms with van der Waals surface area (Å²) in [6.45, 7) is 10.2. The molecule has 1 aromatic heterocycles. The Morgan fingerprint density at radius 1 is 1.00 bits per heavy atom. The quantitative estimate of drug-likeness (QED) is 0.370. The van der Waals surface area contributed by atoms with Crippen molar-refractivity contribution >= 4 is 29.2 Å². The number of aryl methyl sites for hydroxylation is 1. The first-order valence-corrected chi connectivity index (χ1v) is 12.0. The van der Waals surface area contributed by atoms with Gasteiger partial charge in [-0.25, -0.2) is 9.79 Å².